The minimum atomic E-state index is -0.695. The van der Waals surface area contributed by atoms with Gasteiger partial charge in [0.2, 0.25) is 5.88 Å². The topological polar surface area (TPSA) is 121 Å². The van der Waals surface area contributed by atoms with Gasteiger partial charge in [-0.2, -0.15) is 0 Å². The second-order valence-corrected chi connectivity index (χ2v) is 9.97. The molecule has 10 nitrogen and oxygen atoms in total. The highest BCUT2D eigenvalue weighted by atomic mass is 32.1. The van der Waals surface area contributed by atoms with Crippen LogP contribution in [0.3, 0.4) is 0 Å². The molecule has 3 heterocycles. The monoisotopic (exact) mass is 548 g/mol. The Hall–Kier alpha value is -4.45. The highest BCUT2D eigenvalue weighted by Crippen LogP contribution is 2.37. The summed E-state index contributed by atoms with van der Waals surface area (Å²) in [6, 6.07) is 6.84. The SMILES string of the molecule is COc1cnc2c(-c3nc4cc(F)c(O[C@@H](C)[C@H](C)OC(=O)Nc5cnc(C)nc5)cc4s3)cc(C)cc2n1. The molecule has 200 valence electrons. The molecule has 0 aliphatic rings. The van der Waals surface area contributed by atoms with Crippen LogP contribution in [0, 0.1) is 19.7 Å². The largest absolute Gasteiger partial charge is 0.484 e. The maximum atomic E-state index is 15.0. The van der Waals surface area contributed by atoms with Gasteiger partial charge in [-0.3, -0.25) is 5.32 Å². The lowest BCUT2D eigenvalue weighted by atomic mass is 10.1. The maximum Gasteiger partial charge on any atom is 0.412 e. The second kappa shape index (κ2) is 10.7. The number of fused-ring (bicyclic) bond motifs is 2. The minimum absolute atomic E-state index is 0.0339. The molecule has 0 aliphatic carbocycles. The summed E-state index contributed by atoms with van der Waals surface area (Å²) in [5.41, 5.74) is 4.02. The molecule has 2 aromatic carbocycles. The predicted molar refractivity (Wildman–Crippen MR) is 146 cm³/mol. The van der Waals surface area contributed by atoms with Gasteiger partial charge in [-0.1, -0.05) is 0 Å². The summed E-state index contributed by atoms with van der Waals surface area (Å²) in [5, 5.41) is 3.23. The molecule has 1 amide bonds. The number of thiazole rings is 1. The Morgan fingerprint density at radius 2 is 1.74 bits per heavy atom. The maximum absolute atomic E-state index is 15.0. The van der Waals surface area contributed by atoms with Crippen LogP contribution in [0.5, 0.6) is 11.6 Å². The molecule has 0 fully saturated rings. The van der Waals surface area contributed by atoms with Crippen LogP contribution in [-0.4, -0.2) is 50.3 Å². The fourth-order valence-corrected chi connectivity index (χ4v) is 4.80. The molecule has 0 spiro atoms. The zero-order valence-electron chi connectivity index (χ0n) is 21.9. The van der Waals surface area contributed by atoms with E-state index >= 15 is 4.39 Å². The molecule has 12 heteroatoms. The van der Waals surface area contributed by atoms with E-state index in [1.165, 1.54) is 36.9 Å². The highest BCUT2D eigenvalue weighted by molar-refractivity contribution is 7.21. The number of hydrogen-bond acceptors (Lipinski definition) is 10. The van der Waals surface area contributed by atoms with Crippen molar-refractivity contribution < 1.29 is 23.4 Å². The van der Waals surface area contributed by atoms with E-state index < -0.39 is 24.1 Å². The number of nitrogens with one attached hydrogen (secondary N) is 1. The molecule has 0 saturated carbocycles. The van der Waals surface area contributed by atoms with Crippen molar-refractivity contribution in [2.75, 3.05) is 12.4 Å². The van der Waals surface area contributed by atoms with E-state index in [0.29, 0.717) is 38.9 Å². The van der Waals surface area contributed by atoms with E-state index in [2.05, 4.69) is 30.2 Å². The first-order valence-corrected chi connectivity index (χ1v) is 12.9. The number of nitrogens with zero attached hydrogens (tertiary/aromatic N) is 5. The number of benzene rings is 2. The third kappa shape index (κ3) is 5.70. The molecule has 3 aromatic heterocycles. The summed E-state index contributed by atoms with van der Waals surface area (Å²) in [4.78, 5) is 33.9. The van der Waals surface area contributed by atoms with Crippen LogP contribution in [0.25, 0.3) is 31.8 Å². The van der Waals surface area contributed by atoms with E-state index in [1.807, 2.05) is 19.1 Å². The van der Waals surface area contributed by atoms with Crippen molar-refractivity contribution in [3.05, 3.63) is 60.1 Å². The first-order chi connectivity index (χ1) is 18.7. The number of ether oxygens (including phenoxy) is 3. The molecular formula is C27H25FN6O4S. The van der Waals surface area contributed by atoms with Crippen LogP contribution < -0.4 is 14.8 Å². The van der Waals surface area contributed by atoms with Gasteiger partial charge in [-0.05, 0) is 45.4 Å². The van der Waals surface area contributed by atoms with E-state index in [1.54, 1.807) is 33.0 Å². The number of carbonyl (C=O) groups is 1. The number of carbonyl (C=O) groups excluding carboxylic acids is 1. The van der Waals surface area contributed by atoms with E-state index in [9.17, 15) is 4.79 Å². The summed E-state index contributed by atoms with van der Waals surface area (Å²) < 4.78 is 32.2. The van der Waals surface area contributed by atoms with E-state index in [0.717, 1.165) is 15.8 Å². The van der Waals surface area contributed by atoms with Crippen molar-refractivity contribution in [2.24, 2.45) is 0 Å². The summed E-state index contributed by atoms with van der Waals surface area (Å²) in [7, 11) is 1.54. The smallest absolute Gasteiger partial charge is 0.412 e. The summed E-state index contributed by atoms with van der Waals surface area (Å²) in [6.45, 7) is 7.06. The average Bonchev–Trinajstić information content (AvgIpc) is 3.31. The fourth-order valence-electron chi connectivity index (χ4n) is 3.81. The number of amides is 1. The summed E-state index contributed by atoms with van der Waals surface area (Å²) >= 11 is 1.39. The highest BCUT2D eigenvalue weighted by Gasteiger charge is 2.22. The van der Waals surface area contributed by atoms with E-state index in [4.69, 9.17) is 14.2 Å². The van der Waals surface area contributed by atoms with Gasteiger partial charge in [-0.25, -0.2) is 34.1 Å². The lowest BCUT2D eigenvalue weighted by molar-refractivity contribution is 0.0402. The van der Waals surface area contributed by atoms with Crippen LogP contribution in [0.2, 0.25) is 0 Å². The second-order valence-electron chi connectivity index (χ2n) is 8.94. The number of aromatic nitrogens is 5. The zero-order valence-corrected chi connectivity index (χ0v) is 22.7. The fraction of sp³-hybridized carbons (Fsp3) is 0.259. The van der Waals surface area contributed by atoms with Gasteiger partial charge in [0.1, 0.15) is 23.0 Å². The van der Waals surface area contributed by atoms with Crippen LogP contribution in [-0.2, 0) is 4.74 Å². The zero-order chi connectivity index (χ0) is 27.7. The third-order valence-corrected chi connectivity index (χ3v) is 7.00. The number of anilines is 1. The molecule has 5 rings (SSSR count). The van der Waals surface area contributed by atoms with Crippen molar-refractivity contribution in [3.63, 3.8) is 0 Å². The van der Waals surface area contributed by atoms with Crippen molar-refractivity contribution in [3.8, 4) is 22.2 Å². The first-order valence-electron chi connectivity index (χ1n) is 12.0. The van der Waals surface area contributed by atoms with Gasteiger partial charge in [0.05, 0.1) is 52.6 Å². The third-order valence-electron chi connectivity index (χ3n) is 5.94. The predicted octanol–water partition coefficient (Wildman–Crippen LogP) is 5.87. The summed E-state index contributed by atoms with van der Waals surface area (Å²) in [6.07, 6.45) is 2.49. The van der Waals surface area contributed by atoms with Gasteiger partial charge in [0.25, 0.3) is 0 Å². The Kier molecular flexibility index (Phi) is 7.20. The number of halogens is 1. The van der Waals surface area contributed by atoms with Gasteiger partial charge >= 0.3 is 6.09 Å². The van der Waals surface area contributed by atoms with Crippen molar-refractivity contribution in [1.82, 2.24) is 24.9 Å². The van der Waals surface area contributed by atoms with Crippen LogP contribution in [0.1, 0.15) is 25.2 Å². The lowest BCUT2D eigenvalue weighted by Gasteiger charge is -2.22. The number of hydrogen-bond donors (Lipinski definition) is 1. The Labute approximate surface area is 227 Å². The Morgan fingerprint density at radius 3 is 2.49 bits per heavy atom. The molecule has 0 aliphatic heterocycles. The van der Waals surface area contributed by atoms with Crippen LogP contribution >= 0.6 is 11.3 Å². The molecular weight excluding hydrogens is 523 g/mol. The molecule has 0 saturated heterocycles. The van der Waals surface area contributed by atoms with Gasteiger partial charge in [0.15, 0.2) is 11.6 Å². The van der Waals surface area contributed by atoms with E-state index in [-0.39, 0.29) is 5.75 Å². The first kappa shape index (κ1) is 26.2. The normalized spacial score (nSPS) is 12.8. The molecule has 0 bridgehead atoms. The van der Waals surface area contributed by atoms with Crippen molar-refractivity contribution >= 4 is 44.4 Å². The van der Waals surface area contributed by atoms with Gasteiger partial charge in [0, 0.05) is 17.7 Å². The minimum Gasteiger partial charge on any atom is -0.484 e. The molecule has 0 radical (unpaired) electrons. The molecule has 5 aromatic rings. The molecule has 2 atom stereocenters. The number of aryl methyl sites for hydroxylation is 2. The number of methoxy groups -OCH3 is 1. The van der Waals surface area contributed by atoms with Gasteiger partial charge < -0.3 is 14.2 Å². The quantitative estimate of drug-likeness (QED) is 0.266. The standard InChI is InChI=1S/C27H25FN6O4S/c1-13-6-18(25-21(7-13)33-24(36-5)12-31-25)26-34-20-8-19(28)22(9-23(20)39-26)37-14(2)15(3)38-27(35)32-17-10-29-16(4)30-11-17/h6-12,14-15H,1-5H3,(H,32,35)/t14-,15-/m0/s1. The number of rotatable bonds is 7. The van der Waals surface area contributed by atoms with Crippen LogP contribution in [0.4, 0.5) is 14.9 Å². The summed E-state index contributed by atoms with van der Waals surface area (Å²) in [5.74, 6) is 0.462. The Morgan fingerprint density at radius 1 is 0.974 bits per heavy atom. The van der Waals surface area contributed by atoms with Crippen LogP contribution in [0.15, 0.2) is 42.9 Å². The molecule has 1 N–H and O–H groups in total. The lowest BCUT2D eigenvalue weighted by Crippen LogP contribution is -2.32. The Bertz CT molecular complexity index is 1680. The molecule has 0 unspecified atom stereocenters. The Balaban J connectivity index is 1.34. The van der Waals surface area contributed by atoms with Crippen molar-refractivity contribution in [1.29, 1.82) is 0 Å². The van der Waals surface area contributed by atoms with Crippen molar-refractivity contribution in [2.45, 2.75) is 39.9 Å². The molecule has 39 heavy (non-hydrogen) atoms. The average molecular weight is 549 g/mol. The van der Waals surface area contributed by atoms with Gasteiger partial charge in [-0.15, -0.1) is 11.3 Å².